The molecule has 1 saturated carbocycles. The first-order valence-electron chi connectivity index (χ1n) is 8.70. The topological polar surface area (TPSA) is 76.2 Å². The number of benzene rings is 2. The lowest BCUT2D eigenvalue weighted by molar-refractivity contribution is 0.102. The number of ether oxygens (including phenoxy) is 2. The Balaban J connectivity index is 1.57. The Morgan fingerprint density at radius 3 is 2.46 bits per heavy atom. The number of H-pyrrole nitrogens is 1. The normalized spacial score (nSPS) is 14.1. The van der Waals surface area contributed by atoms with Gasteiger partial charge in [0, 0.05) is 23.2 Å². The number of aromatic amines is 1. The third-order valence-electron chi connectivity index (χ3n) is 4.86. The highest BCUT2D eigenvalue weighted by atomic mass is 16.5. The van der Waals surface area contributed by atoms with E-state index in [1.54, 1.807) is 32.4 Å². The number of anilines is 1. The van der Waals surface area contributed by atoms with Crippen molar-refractivity contribution < 1.29 is 14.3 Å². The SMILES string of the molecule is COc1cc(OC)cc(C(=O)Nc2ccc3nc(C4CCC4)[nH]c3c2)c1. The fourth-order valence-electron chi connectivity index (χ4n) is 3.12. The fourth-order valence-corrected chi connectivity index (χ4v) is 3.12. The zero-order chi connectivity index (χ0) is 18.1. The molecule has 2 N–H and O–H groups in total. The van der Waals surface area contributed by atoms with Gasteiger partial charge in [-0.2, -0.15) is 0 Å². The predicted molar refractivity (Wildman–Crippen MR) is 100 cm³/mol. The Morgan fingerprint density at radius 2 is 1.85 bits per heavy atom. The number of aromatic nitrogens is 2. The van der Waals surface area contributed by atoms with Crippen molar-refractivity contribution in [3.05, 3.63) is 47.8 Å². The van der Waals surface area contributed by atoms with Crippen LogP contribution in [-0.2, 0) is 0 Å². The average molecular weight is 351 g/mol. The van der Waals surface area contributed by atoms with Gasteiger partial charge in [0.1, 0.15) is 17.3 Å². The lowest BCUT2D eigenvalue weighted by Gasteiger charge is -2.22. The van der Waals surface area contributed by atoms with Gasteiger partial charge in [-0.25, -0.2) is 4.98 Å². The molecule has 0 spiro atoms. The number of carbonyl (C=O) groups is 1. The lowest BCUT2D eigenvalue weighted by atomic mass is 9.85. The van der Waals surface area contributed by atoms with Crippen LogP contribution in [0.1, 0.15) is 41.4 Å². The van der Waals surface area contributed by atoms with E-state index < -0.39 is 0 Å². The van der Waals surface area contributed by atoms with E-state index in [2.05, 4.69) is 15.3 Å². The highest BCUT2D eigenvalue weighted by Crippen LogP contribution is 2.35. The first kappa shape index (κ1) is 16.4. The number of nitrogens with zero attached hydrogens (tertiary/aromatic N) is 1. The van der Waals surface area contributed by atoms with Crippen LogP contribution in [0.3, 0.4) is 0 Å². The molecule has 4 rings (SSSR count). The molecule has 3 aromatic rings. The summed E-state index contributed by atoms with van der Waals surface area (Å²) in [7, 11) is 3.12. The second kappa shape index (κ2) is 6.71. The molecular formula is C20H21N3O3. The molecule has 0 bridgehead atoms. The smallest absolute Gasteiger partial charge is 0.255 e. The summed E-state index contributed by atoms with van der Waals surface area (Å²) in [6.07, 6.45) is 3.66. The van der Waals surface area contributed by atoms with E-state index in [0.29, 0.717) is 28.7 Å². The number of hydrogen-bond acceptors (Lipinski definition) is 4. The zero-order valence-electron chi connectivity index (χ0n) is 14.8. The number of fused-ring (bicyclic) bond motifs is 1. The van der Waals surface area contributed by atoms with Crippen molar-refractivity contribution in [1.82, 2.24) is 9.97 Å². The number of methoxy groups -OCH3 is 2. The van der Waals surface area contributed by atoms with Crippen LogP contribution in [-0.4, -0.2) is 30.1 Å². The molecule has 2 aromatic carbocycles. The van der Waals surface area contributed by atoms with Crippen molar-refractivity contribution in [1.29, 1.82) is 0 Å². The molecule has 1 heterocycles. The van der Waals surface area contributed by atoms with Gasteiger partial charge in [-0.15, -0.1) is 0 Å². The van der Waals surface area contributed by atoms with Crippen LogP contribution < -0.4 is 14.8 Å². The summed E-state index contributed by atoms with van der Waals surface area (Å²) in [4.78, 5) is 20.6. The van der Waals surface area contributed by atoms with E-state index in [1.807, 2.05) is 18.2 Å². The molecule has 0 radical (unpaired) electrons. The molecule has 134 valence electrons. The summed E-state index contributed by atoms with van der Waals surface area (Å²) in [6.45, 7) is 0. The van der Waals surface area contributed by atoms with Crippen molar-refractivity contribution in [2.75, 3.05) is 19.5 Å². The molecule has 1 amide bonds. The number of hydrogen-bond donors (Lipinski definition) is 2. The van der Waals surface area contributed by atoms with E-state index in [4.69, 9.17) is 9.47 Å². The number of imidazole rings is 1. The number of nitrogens with one attached hydrogen (secondary N) is 2. The number of rotatable bonds is 5. The van der Waals surface area contributed by atoms with Gasteiger partial charge in [-0.05, 0) is 43.2 Å². The Bertz CT molecular complexity index is 938. The molecule has 0 unspecified atom stereocenters. The molecule has 6 heteroatoms. The van der Waals surface area contributed by atoms with Crippen molar-refractivity contribution in [2.45, 2.75) is 25.2 Å². The van der Waals surface area contributed by atoms with Gasteiger partial charge in [-0.1, -0.05) is 6.42 Å². The highest BCUT2D eigenvalue weighted by molar-refractivity contribution is 6.05. The van der Waals surface area contributed by atoms with Crippen LogP contribution >= 0.6 is 0 Å². The Morgan fingerprint density at radius 1 is 1.12 bits per heavy atom. The predicted octanol–water partition coefficient (Wildman–Crippen LogP) is 4.10. The van der Waals surface area contributed by atoms with Crippen molar-refractivity contribution in [3.8, 4) is 11.5 Å². The van der Waals surface area contributed by atoms with Gasteiger partial charge in [0.05, 0.1) is 25.3 Å². The quantitative estimate of drug-likeness (QED) is 0.725. The maximum absolute atomic E-state index is 12.6. The maximum Gasteiger partial charge on any atom is 0.255 e. The van der Waals surface area contributed by atoms with Crippen LogP contribution in [0.5, 0.6) is 11.5 Å². The van der Waals surface area contributed by atoms with Gasteiger partial charge >= 0.3 is 0 Å². The van der Waals surface area contributed by atoms with Crippen LogP contribution in [0.2, 0.25) is 0 Å². The Hall–Kier alpha value is -3.02. The van der Waals surface area contributed by atoms with E-state index in [0.717, 1.165) is 16.9 Å². The summed E-state index contributed by atoms with van der Waals surface area (Å²) in [5, 5.41) is 2.92. The second-order valence-electron chi connectivity index (χ2n) is 6.54. The van der Waals surface area contributed by atoms with Crippen molar-refractivity contribution in [3.63, 3.8) is 0 Å². The monoisotopic (exact) mass is 351 g/mol. The first-order chi connectivity index (χ1) is 12.7. The van der Waals surface area contributed by atoms with E-state index >= 15 is 0 Å². The van der Waals surface area contributed by atoms with Crippen LogP contribution in [0, 0.1) is 0 Å². The molecule has 0 aliphatic heterocycles. The summed E-state index contributed by atoms with van der Waals surface area (Å²) < 4.78 is 10.4. The Kier molecular flexibility index (Phi) is 4.24. The molecular weight excluding hydrogens is 330 g/mol. The molecule has 0 atom stereocenters. The maximum atomic E-state index is 12.6. The van der Waals surface area contributed by atoms with Crippen molar-refractivity contribution in [2.24, 2.45) is 0 Å². The van der Waals surface area contributed by atoms with Gasteiger partial charge in [-0.3, -0.25) is 4.79 Å². The Labute approximate surface area is 151 Å². The number of amides is 1. The van der Waals surface area contributed by atoms with Crippen LogP contribution in [0.15, 0.2) is 36.4 Å². The minimum atomic E-state index is -0.222. The van der Waals surface area contributed by atoms with E-state index in [9.17, 15) is 4.79 Å². The van der Waals surface area contributed by atoms with Crippen molar-refractivity contribution >= 4 is 22.6 Å². The first-order valence-corrected chi connectivity index (χ1v) is 8.70. The third kappa shape index (κ3) is 3.10. The summed E-state index contributed by atoms with van der Waals surface area (Å²) in [5.74, 6) is 2.52. The molecule has 0 saturated heterocycles. The molecule has 1 fully saturated rings. The number of carbonyl (C=O) groups excluding carboxylic acids is 1. The van der Waals surface area contributed by atoms with Gasteiger partial charge in [0.2, 0.25) is 0 Å². The minimum Gasteiger partial charge on any atom is -0.497 e. The van der Waals surface area contributed by atoms with Gasteiger partial charge < -0.3 is 19.8 Å². The van der Waals surface area contributed by atoms with Gasteiger partial charge in [0.25, 0.3) is 5.91 Å². The molecule has 1 aliphatic carbocycles. The van der Waals surface area contributed by atoms with Gasteiger partial charge in [0.15, 0.2) is 0 Å². The van der Waals surface area contributed by atoms with E-state index in [-0.39, 0.29) is 5.91 Å². The molecule has 1 aliphatic rings. The second-order valence-corrected chi connectivity index (χ2v) is 6.54. The molecule has 6 nitrogen and oxygen atoms in total. The van der Waals surface area contributed by atoms with Crippen LogP contribution in [0.25, 0.3) is 11.0 Å². The van der Waals surface area contributed by atoms with Crippen LogP contribution in [0.4, 0.5) is 5.69 Å². The minimum absolute atomic E-state index is 0.222. The largest absolute Gasteiger partial charge is 0.497 e. The fraction of sp³-hybridized carbons (Fsp3) is 0.300. The molecule has 26 heavy (non-hydrogen) atoms. The molecule has 1 aromatic heterocycles. The van der Waals surface area contributed by atoms with E-state index in [1.165, 1.54) is 19.3 Å². The standard InChI is InChI=1S/C20H21N3O3/c1-25-15-8-13(9-16(11-15)26-2)20(24)21-14-6-7-17-18(10-14)23-19(22-17)12-4-3-5-12/h6-12H,3-5H2,1-2H3,(H,21,24)(H,22,23). The third-order valence-corrected chi connectivity index (χ3v) is 4.86. The summed E-state index contributed by atoms with van der Waals surface area (Å²) >= 11 is 0. The highest BCUT2D eigenvalue weighted by Gasteiger charge is 2.22. The summed E-state index contributed by atoms with van der Waals surface area (Å²) in [5.41, 5.74) is 3.05. The lowest BCUT2D eigenvalue weighted by Crippen LogP contribution is -2.12. The summed E-state index contributed by atoms with van der Waals surface area (Å²) in [6, 6.07) is 10.8. The zero-order valence-corrected chi connectivity index (χ0v) is 14.8. The average Bonchev–Trinajstić information content (AvgIpc) is 3.01.